The van der Waals surface area contributed by atoms with Gasteiger partial charge in [-0.1, -0.05) is 29.8 Å². The van der Waals surface area contributed by atoms with Gasteiger partial charge in [0.25, 0.3) is 5.92 Å². The molecule has 0 spiro atoms. The number of nitrogens with zero attached hydrogens (tertiary/aromatic N) is 1. The fourth-order valence-electron chi connectivity index (χ4n) is 2.42. The lowest BCUT2D eigenvalue weighted by atomic mass is 10.1. The van der Waals surface area contributed by atoms with E-state index >= 15 is 0 Å². The average Bonchev–Trinajstić information content (AvgIpc) is 2.64. The first kappa shape index (κ1) is 14.7. The number of aliphatic hydroxyl groups excluding tert-OH is 2. The van der Waals surface area contributed by atoms with Crippen molar-refractivity contribution in [3.63, 3.8) is 0 Å². The second kappa shape index (κ2) is 5.71. The lowest BCUT2D eigenvalue weighted by molar-refractivity contribution is 0.00742. The third-order valence-electron chi connectivity index (χ3n) is 3.37. The van der Waals surface area contributed by atoms with Gasteiger partial charge in [0.2, 0.25) is 0 Å². The van der Waals surface area contributed by atoms with Crippen molar-refractivity contribution in [2.75, 3.05) is 19.7 Å². The summed E-state index contributed by atoms with van der Waals surface area (Å²) in [7, 11) is 0. The van der Waals surface area contributed by atoms with Crippen LogP contribution in [0.3, 0.4) is 0 Å². The minimum atomic E-state index is -2.81. The SMILES string of the molecule is OCC1CC(F)(F)CN1C[C@H](O)c1ccccc1Cl. The van der Waals surface area contributed by atoms with Gasteiger partial charge in [-0.3, -0.25) is 4.90 Å². The predicted molar refractivity (Wildman–Crippen MR) is 68.4 cm³/mol. The van der Waals surface area contributed by atoms with Crippen LogP contribution in [0.4, 0.5) is 8.78 Å². The number of β-amino-alcohol motifs (C(OH)–C–C–N with tert-alkyl or cyclic N) is 1. The van der Waals surface area contributed by atoms with E-state index in [1.165, 1.54) is 4.90 Å². The molecule has 0 aromatic heterocycles. The number of aliphatic hydroxyl groups is 2. The zero-order chi connectivity index (χ0) is 14.0. The van der Waals surface area contributed by atoms with E-state index in [9.17, 15) is 13.9 Å². The van der Waals surface area contributed by atoms with Gasteiger partial charge in [0.05, 0.1) is 19.3 Å². The number of benzene rings is 1. The van der Waals surface area contributed by atoms with E-state index in [4.69, 9.17) is 16.7 Å². The number of rotatable bonds is 4. The number of hydrogen-bond donors (Lipinski definition) is 2. The van der Waals surface area contributed by atoms with E-state index in [0.717, 1.165) is 0 Å². The Hall–Kier alpha value is -0.750. The zero-order valence-corrected chi connectivity index (χ0v) is 11.0. The van der Waals surface area contributed by atoms with Crippen LogP contribution in [0.25, 0.3) is 0 Å². The van der Waals surface area contributed by atoms with E-state index in [1.54, 1.807) is 24.3 Å². The lowest BCUT2D eigenvalue weighted by Crippen LogP contribution is -2.36. The van der Waals surface area contributed by atoms with Crippen LogP contribution in [0.2, 0.25) is 5.02 Å². The first-order chi connectivity index (χ1) is 8.93. The van der Waals surface area contributed by atoms with Crippen molar-refractivity contribution in [1.82, 2.24) is 4.90 Å². The molecule has 19 heavy (non-hydrogen) atoms. The van der Waals surface area contributed by atoms with Crippen molar-refractivity contribution >= 4 is 11.6 Å². The van der Waals surface area contributed by atoms with Crippen LogP contribution in [0, 0.1) is 0 Å². The molecule has 1 aromatic rings. The Balaban J connectivity index is 2.07. The van der Waals surface area contributed by atoms with Gasteiger partial charge in [0.15, 0.2) is 0 Å². The van der Waals surface area contributed by atoms with Crippen molar-refractivity contribution in [2.24, 2.45) is 0 Å². The third-order valence-corrected chi connectivity index (χ3v) is 3.71. The Morgan fingerprint density at radius 3 is 2.74 bits per heavy atom. The molecule has 3 nitrogen and oxygen atoms in total. The maximum absolute atomic E-state index is 13.3. The van der Waals surface area contributed by atoms with Gasteiger partial charge in [-0.05, 0) is 6.07 Å². The molecular weight excluding hydrogens is 276 g/mol. The molecule has 1 unspecified atom stereocenters. The number of halogens is 3. The second-order valence-electron chi connectivity index (χ2n) is 4.86. The van der Waals surface area contributed by atoms with Crippen molar-refractivity contribution in [2.45, 2.75) is 24.5 Å². The normalized spacial score (nSPS) is 24.6. The molecule has 0 bridgehead atoms. The fourth-order valence-corrected chi connectivity index (χ4v) is 2.69. The van der Waals surface area contributed by atoms with Gasteiger partial charge in [-0.2, -0.15) is 0 Å². The van der Waals surface area contributed by atoms with Crippen LogP contribution in [-0.4, -0.2) is 46.8 Å². The predicted octanol–water partition coefficient (Wildman–Crippen LogP) is 2.08. The molecule has 2 rings (SSSR count). The van der Waals surface area contributed by atoms with E-state index in [0.29, 0.717) is 10.6 Å². The molecule has 0 saturated carbocycles. The summed E-state index contributed by atoms with van der Waals surface area (Å²) in [5, 5.41) is 19.6. The molecule has 6 heteroatoms. The average molecular weight is 292 g/mol. The molecule has 0 amide bonds. The molecule has 0 radical (unpaired) electrons. The van der Waals surface area contributed by atoms with E-state index in [-0.39, 0.29) is 19.6 Å². The summed E-state index contributed by atoms with van der Waals surface area (Å²) in [5.74, 6) is -2.81. The highest BCUT2D eigenvalue weighted by molar-refractivity contribution is 6.31. The van der Waals surface area contributed by atoms with Gasteiger partial charge in [-0.15, -0.1) is 0 Å². The first-order valence-electron chi connectivity index (χ1n) is 6.08. The molecule has 2 atom stereocenters. The standard InChI is InChI=1S/C13H16ClF2NO2/c14-11-4-2-1-3-10(11)12(19)6-17-8-13(15,16)5-9(17)7-18/h1-4,9,12,18-19H,5-8H2/t9?,12-/m0/s1. The van der Waals surface area contributed by atoms with Crippen LogP contribution in [0.15, 0.2) is 24.3 Å². The van der Waals surface area contributed by atoms with Crippen molar-refractivity contribution in [1.29, 1.82) is 0 Å². The Morgan fingerprint density at radius 1 is 1.42 bits per heavy atom. The topological polar surface area (TPSA) is 43.7 Å². The Morgan fingerprint density at radius 2 is 2.11 bits per heavy atom. The number of alkyl halides is 2. The Labute approximate surface area is 115 Å². The summed E-state index contributed by atoms with van der Waals surface area (Å²) in [4.78, 5) is 1.41. The molecular formula is C13H16ClF2NO2. The van der Waals surface area contributed by atoms with Gasteiger partial charge in [-0.25, -0.2) is 8.78 Å². The van der Waals surface area contributed by atoms with E-state index in [2.05, 4.69) is 0 Å². The maximum Gasteiger partial charge on any atom is 0.262 e. The summed E-state index contributed by atoms with van der Waals surface area (Å²) in [6.07, 6.45) is -1.32. The largest absolute Gasteiger partial charge is 0.395 e. The van der Waals surface area contributed by atoms with Crippen LogP contribution in [0.1, 0.15) is 18.1 Å². The molecule has 1 saturated heterocycles. The lowest BCUT2D eigenvalue weighted by Gasteiger charge is -2.25. The molecule has 1 fully saturated rings. The first-order valence-corrected chi connectivity index (χ1v) is 6.46. The van der Waals surface area contributed by atoms with E-state index < -0.39 is 24.6 Å². The number of likely N-dealkylation sites (tertiary alicyclic amines) is 1. The zero-order valence-electron chi connectivity index (χ0n) is 10.3. The van der Waals surface area contributed by atoms with Crippen molar-refractivity contribution < 1.29 is 19.0 Å². The summed E-state index contributed by atoms with van der Waals surface area (Å²) in [5.41, 5.74) is 0.510. The van der Waals surface area contributed by atoms with Gasteiger partial charge < -0.3 is 10.2 Å². The third kappa shape index (κ3) is 3.42. The minimum absolute atomic E-state index is 0.0323. The van der Waals surface area contributed by atoms with Crippen LogP contribution in [0.5, 0.6) is 0 Å². The highest BCUT2D eigenvalue weighted by atomic mass is 35.5. The maximum atomic E-state index is 13.3. The molecule has 106 valence electrons. The number of hydrogen-bond acceptors (Lipinski definition) is 3. The van der Waals surface area contributed by atoms with Crippen LogP contribution < -0.4 is 0 Å². The monoisotopic (exact) mass is 291 g/mol. The summed E-state index contributed by atoms with van der Waals surface area (Å²) >= 11 is 5.95. The molecule has 1 aliphatic heterocycles. The quantitative estimate of drug-likeness (QED) is 0.893. The van der Waals surface area contributed by atoms with Gasteiger partial charge in [0.1, 0.15) is 0 Å². The van der Waals surface area contributed by atoms with Gasteiger partial charge >= 0.3 is 0 Å². The second-order valence-corrected chi connectivity index (χ2v) is 5.27. The van der Waals surface area contributed by atoms with Crippen molar-refractivity contribution in [3.8, 4) is 0 Å². The van der Waals surface area contributed by atoms with Crippen molar-refractivity contribution in [3.05, 3.63) is 34.9 Å². The summed E-state index contributed by atoms with van der Waals surface area (Å²) in [6, 6.07) is 6.15. The molecule has 1 aromatic carbocycles. The van der Waals surface area contributed by atoms with Crippen LogP contribution >= 0.6 is 11.6 Å². The Bertz CT molecular complexity index is 444. The molecule has 2 N–H and O–H groups in total. The highest BCUT2D eigenvalue weighted by Crippen LogP contribution is 2.33. The van der Waals surface area contributed by atoms with Gasteiger partial charge in [0, 0.05) is 29.6 Å². The summed E-state index contributed by atoms with van der Waals surface area (Å²) in [6.45, 7) is -0.755. The Kier molecular flexibility index (Phi) is 4.40. The summed E-state index contributed by atoms with van der Waals surface area (Å²) < 4.78 is 26.6. The molecule has 1 heterocycles. The van der Waals surface area contributed by atoms with E-state index in [1.807, 2.05) is 0 Å². The van der Waals surface area contributed by atoms with Crippen LogP contribution in [-0.2, 0) is 0 Å². The smallest absolute Gasteiger partial charge is 0.262 e. The fraction of sp³-hybridized carbons (Fsp3) is 0.538. The molecule has 1 aliphatic rings. The minimum Gasteiger partial charge on any atom is -0.395 e. The molecule has 0 aliphatic carbocycles. The highest BCUT2D eigenvalue weighted by Gasteiger charge is 2.45.